The maximum atomic E-state index is 12.5. The van der Waals surface area contributed by atoms with Gasteiger partial charge in [0.2, 0.25) is 0 Å². The second-order valence-corrected chi connectivity index (χ2v) is 7.77. The lowest BCUT2D eigenvalue weighted by atomic mass is 10.2. The number of carbonyl (C=O) groups is 1. The number of nitrogens with one attached hydrogen (secondary N) is 1. The minimum atomic E-state index is -0.0417. The largest absolute Gasteiger partial charge is 0.486 e. The summed E-state index contributed by atoms with van der Waals surface area (Å²) < 4.78 is 5.81. The summed E-state index contributed by atoms with van der Waals surface area (Å²) in [6.45, 7) is 11.1. The molecule has 0 bridgehead atoms. The van der Waals surface area contributed by atoms with Crippen LogP contribution in [0.2, 0.25) is 0 Å². The number of hydrogen-bond acceptors (Lipinski definition) is 4. The third kappa shape index (κ3) is 6.02. The van der Waals surface area contributed by atoms with Crippen molar-refractivity contribution >= 4 is 17.4 Å². The average Bonchev–Trinajstić information content (AvgIpc) is 3.04. The molecule has 0 spiro atoms. The predicted octanol–water partition coefficient (Wildman–Crippen LogP) is 4.75. The smallest absolute Gasteiger partial charge is 0.318 e. The molecule has 0 aliphatic heterocycles. The zero-order chi connectivity index (χ0) is 19.1. The van der Waals surface area contributed by atoms with E-state index in [1.165, 1.54) is 5.56 Å². The number of benzene rings is 1. The summed E-state index contributed by atoms with van der Waals surface area (Å²) in [5.74, 6) is 0.847. The van der Waals surface area contributed by atoms with E-state index in [4.69, 9.17) is 4.74 Å². The van der Waals surface area contributed by atoms with Crippen LogP contribution >= 0.6 is 11.3 Å². The first-order valence-corrected chi connectivity index (χ1v) is 9.96. The number of aryl methyl sites for hydroxylation is 1. The van der Waals surface area contributed by atoms with Crippen molar-refractivity contribution in [2.24, 2.45) is 0 Å². The Balaban J connectivity index is 1.99. The van der Waals surface area contributed by atoms with Crippen molar-refractivity contribution in [2.45, 2.75) is 66.3 Å². The lowest BCUT2D eigenvalue weighted by Crippen LogP contribution is -2.46. The monoisotopic (exact) mass is 375 g/mol. The number of amides is 2. The van der Waals surface area contributed by atoms with Crippen LogP contribution in [0.25, 0.3) is 0 Å². The molecule has 1 aromatic heterocycles. The summed E-state index contributed by atoms with van der Waals surface area (Å²) in [6.07, 6.45) is 0.902. The fraction of sp³-hybridized carbons (Fsp3) is 0.500. The molecule has 26 heavy (non-hydrogen) atoms. The summed E-state index contributed by atoms with van der Waals surface area (Å²) in [5.41, 5.74) is 2.07. The topological polar surface area (TPSA) is 54.5 Å². The Morgan fingerprint density at radius 2 is 2.12 bits per heavy atom. The second kappa shape index (κ2) is 9.57. The molecule has 1 aromatic carbocycles. The first kappa shape index (κ1) is 20.2. The molecule has 0 unspecified atom stereocenters. The van der Waals surface area contributed by atoms with Crippen molar-refractivity contribution in [1.29, 1.82) is 0 Å². The van der Waals surface area contributed by atoms with Crippen molar-refractivity contribution in [2.75, 3.05) is 0 Å². The van der Waals surface area contributed by atoms with E-state index in [1.54, 1.807) is 11.3 Å². The van der Waals surface area contributed by atoms with Gasteiger partial charge in [0.15, 0.2) is 0 Å². The van der Waals surface area contributed by atoms with E-state index >= 15 is 0 Å². The summed E-state index contributed by atoms with van der Waals surface area (Å²) in [6, 6.07) is 8.21. The lowest BCUT2D eigenvalue weighted by molar-refractivity contribution is 0.170. The Kier molecular flexibility index (Phi) is 7.45. The minimum Gasteiger partial charge on any atom is -0.486 e. The molecule has 1 atom stereocenters. The van der Waals surface area contributed by atoms with Gasteiger partial charge in [-0.05, 0) is 51.8 Å². The summed E-state index contributed by atoms with van der Waals surface area (Å²) in [5, 5.41) is 5.89. The normalized spacial score (nSPS) is 12.1. The van der Waals surface area contributed by atoms with Gasteiger partial charge in [-0.2, -0.15) is 0 Å². The minimum absolute atomic E-state index is 0.0417. The first-order chi connectivity index (χ1) is 12.4. The summed E-state index contributed by atoms with van der Waals surface area (Å²) in [7, 11) is 0. The van der Waals surface area contributed by atoms with Crippen molar-refractivity contribution in [3.8, 4) is 5.75 Å². The highest BCUT2D eigenvalue weighted by Gasteiger charge is 2.21. The predicted molar refractivity (Wildman–Crippen MR) is 107 cm³/mol. The number of hydrogen-bond donors (Lipinski definition) is 1. The molecule has 6 heteroatoms. The summed E-state index contributed by atoms with van der Waals surface area (Å²) in [4.78, 5) is 19.0. The van der Waals surface area contributed by atoms with Crippen LogP contribution in [-0.2, 0) is 13.2 Å². The quantitative estimate of drug-likeness (QED) is 0.724. The standard InChI is InChI=1S/C20H29N3O2S/c1-6-16(5)23(20(24)21-14(2)3)11-17-13-26-19(22-17)12-25-18-9-7-8-15(4)10-18/h7-10,13-14,16H,6,11-12H2,1-5H3,(H,21,24)/t16-/m0/s1. The molecule has 0 aliphatic carbocycles. The van der Waals surface area contributed by atoms with Gasteiger partial charge in [0.1, 0.15) is 17.4 Å². The molecule has 2 rings (SSSR count). The van der Waals surface area contributed by atoms with Gasteiger partial charge in [-0.15, -0.1) is 11.3 Å². The highest BCUT2D eigenvalue weighted by Crippen LogP contribution is 2.18. The van der Waals surface area contributed by atoms with Gasteiger partial charge in [-0.3, -0.25) is 0 Å². The van der Waals surface area contributed by atoms with Crippen molar-refractivity contribution in [1.82, 2.24) is 15.2 Å². The molecule has 1 N–H and O–H groups in total. The molecule has 142 valence electrons. The number of urea groups is 1. The van der Waals surface area contributed by atoms with Crippen LogP contribution in [0.3, 0.4) is 0 Å². The van der Waals surface area contributed by atoms with Crippen molar-refractivity contribution in [3.05, 3.63) is 45.9 Å². The summed E-state index contributed by atoms with van der Waals surface area (Å²) >= 11 is 1.57. The van der Waals surface area contributed by atoms with Crippen LogP contribution in [0.15, 0.2) is 29.6 Å². The Labute approximate surface area is 160 Å². The number of nitrogens with zero attached hydrogens (tertiary/aromatic N) is 2. The first-order valence-electron chi connectivity index (χ1n) is 9.09. The zero-order valence-electron chi connectivity index (χ0n) is 16.3. The molecule has 0 aliphatic rings. The van der Waals surface area contributed by atoms with E-state index in [0.29, 0.717) is 13.2 Å². The van der Waals surface area contributed by atoms with E-state index < -0.39 is 0 Å². The SMILES string of the molecule is CC[C@H](C)N(Cc1csc(COc2cccc(C)c2)n1)C(=O)NC(C)C. The molecular formula is C20H29N3O2S. The van der Waals surface area contributed by atoms with Crippen molar-refractivity contribution in [3.63, 3.8) is 0 Å². The van der Waals surface area contributed by atoms with Gasteiger partial charge in [-0.25, -0.2) is 9.78 Å². The molecule has 0 saturated carbocycles. The molecule has 1 heterocycles. The van der Waals surface area contributed by atoms with E-state index in [2.05, 4.69) is 24.1 Å². The van der Waals surface area contributed by atoms with Crippen LogP contribution in [0, 0.1) is 6.92 Å². The number of aromatic nitrogens is 1. The third-order valence-electron chi connectivity index (χ3n) is 4.08. The fourth-order valence-corrected chi connectivity index (χ4v) is 3.19. The average molecular weight is 376 g/mol. The van der Waals surface area contributed by atoms with E-state index in [-0.39, 0.29) is 18.1 Å². The maximum absolute atomic E-state index is 12.5. The van der Waals surface area contributed by atoms with E-state index in [9.17, 15) is 4.79 Å². The van der Waals surface area contributed by atoms with Crippen LogP contribution in [-0.4, -0.2) is 28.0 Å². The third-order valence-corrected chi connectivity index (χ3v) is 4.95. The molecular weight excluding hydrogens is 346 g/mol. The molecule has 2 amide bonds. The Bertz CT molecular complexity index is 715. The van der Waals surface area contributed by atoms with E-state index in [0.717, 1.165) is 22.9 Å². The molecule has 0 radical (unpaired) electrons. The van der Waals surface area contributed by atoms with Gasteiger partial charge < -0.3 is 15.0 Å². The van der Waals surface area contributed by atoms with Crippen LogP contribution < -0.4 is 10.1 Å². The van der Waals surface area contributed by atoms with Gasteiger partial charge in [-0.1, -0.05) is 19.1 Å². The van der Waals surface area contributed by atoms with Crippen LogP contribution in [0.4, 0.5) is 4.79 Å². The number of thiazole rings is 1. The molecule has 0 fully saturated rings. The molecule has 0 saturated heterocycles. The zero-order valence-corrected chi connectivity index (χ0v) is 17.1. The second-order valence-electron chi connectivity index (χ2n) is 6.83. The Hall–Kier alpha value is -2.08. The van der Waals surface area contributed by atoms with Crippen LogP contribution in [0.1, 0.15) is 50.4 Å². The van der Waals surface area contributed by atoms with Gasteiger partial charge in [0.25, 0.3) is 0 Å². The van der Waals surface area contributed by atoms with Crippen molar-refractivity contribution < 1.29 is 9.53 Å². The van der Waals surface area contributed by atoms with Gasteiger partial charge in [0.05, 0.1) is 12.2 Å². The van der Waals surface area contributed by atoms with Gasteiger partial charge >= 0.3 is 6.03 Å². The highest BCUT2D eigenvalue weighted by molar-refractivity contribution is 7.09. The highest BCUT2D eigenvalue weighted by atomic mass is 32.1. The Morgan fingerprint density at radius 3 is 2.77 bits per heavy atom. The number of ether oxygens (including phenoxy) is 1. The molecule has 5 nitrogen and oxygen atoms in total. The Morgan fingerprint density at radius 1 is 1.35 bits per heavy atom. The van der Waals surface area contributed by atoms with Crippen LogP contribution in [0.5, 0.6) is 5.75 Å². The maximum Gasteiger partial charge on any atom is 0.318 e. The number of carbonyl (C=O) groups excluding carboxylic acids is 1. The lowest BCUT2D eigenvalue weighted by Gasteiger charge is -2.29. The van der Waals surface area contributed by atoms with E-state index in [1.807, 2.05) is 55.3 Å². The number of rotatable bonds is 8. The van der Waals surface area contributed by atoms with Gasteiger partial charge in [0, 0.05) is 17.5 Å². The molecule has 2 aromatic rings. The fourth-order valence-electron chi connectivity index (χ4n) is 2.49.